The molecule has 0 unspecified atom stereocenters. The molecule has 0 radical (unpaired) electrons. The molecule has 0 atom stereocenters. The monoisotopic (exact) mass is 402 g/mol. The molecule has 0 aliphatic rings. The van der Waals surface area contributed by atoms with E-state index in [1.54, 1.807) is 35.1 Å². The molecule has 2 heterocycles. The molecule has 4 aromatic rings. The maximum Gasteiger partial charge on any atom is 0.338 e. The van der Waals surface area contributed by atoms with Gasteiger partial charge in [0.1, 0.15) is 0 Å². The molecule has 2 aromatic heterocycles. The zero-order chi connectivity index (χ0) is 20.9. The molecule has 152 valence electrons. The smallest absolute Gasteiger partial charge is 0.338 e. The zero-order valence-corrected chi connectivity index (χ0v) is 16.6. The molecule has 0 spiro atoms. The van der Waals surface area contributed by atoms with Gasteiger partial charge in [0.25, 0.3) is 5.91 Å². The number of carbonyl (C=O) groups is 2. The van der Waals surface area contributed by atoms with E-state index in [-0.39, 0.29) is 12.5 Å². The van der Waals surface area contributed by atoms with Crippen molar-refractivity contribution >= 4 is 22.8 Å². The number of hydrogen-bond donors (Lipinski definition) is 2. The fourth-order valence-corrected chi connectivity index (χ4v) is 3.32. The van der Waals surface area contributed by atoms with Gasteiger partial charge in [-0.05, 0) is 55.3 Å². The van der Waals surface area contributed by atoms with Crippen molar-refractivity contribution in [3.05, 3.63) is 83.8 Å². The molecule has 0 saturated carbocycles. The van der Waals surface area contributed by atoms with Crippen molar-refractivity contribution in [2.75, 3.05) is 13.2 Å². The van der Waals surface area contributed by atoms with Crippen LogP contribution in [-0.4, -0.2) is 39.8 Å². The minimum atomic E-state index is -0.537. The topological polar surface area (TPSA) is 89.0 Å². The van der Waals surface area contributed by atoms with Gasteiger partial charge in [-0.25, -0.2) is 9.48 Å². The predicted octanol–water partition coefficient (Wildman–Crippen LogP) is 3.18. The summed E-state index contributed by atoms with van der Waals surface area (Å²) in [6, 6.07) is 16.8. The maximum atomic E-state index is 12.2. The average molecular weight is 402 g/mol. The van der Waals surface area contributed by atoms with Crippen LogP contribution in [0.15, 0.2) is 67.0 Å². The first-order chi connectivity index (χ1) is 14.6. The van der Waals surface area contributed by atoms with E-state index in [9.17, 15) is 9.59 Å². The lowest BCUT2D eigenvalue weighted by atomic mass is 10.1. The molecule has 2 N–H and O–H groups in total. The summed E-state index contributed by atoms with van der Waals surface area (Å²) in [6.07, 6.45) is 4.36. The molecule has 4 rings (SSSR count). The van der Waals surface area contributed by atoms with Crippen molar-refractivity contribution in [2.24, 2.45) is 0 Å². The Hall–Kier alpha value is -3.87. The Bertz CT molecular complexity index is 1170. The Morgan fingerprint density at radius 2 is 1.90 bits per heavy atom. The van der Waals surface area contributed by atoms with Gasteiger partial charge in [0.2, 0.25) is 0 Å². The van der Waals surface area contributed by atoms with Crippen molar-refractivity contribution < 1.29 is 14.3 Å². The van der Waals surface area contributed by atoms with Crippen molar-refractivity contribution in [3.8, 4) is 5.69 Å². The summed E-state index contributed by atoms with van der Waals surface area (Å²) in [5.74, 6) is -0.863. The van der Waals surface area contributed by atoms with Crippen molar-refractivity contribution in [1.82, 2.24) is 20.1 Å². The Labute approximate surface area is 173 Å². The molecule has 30 heavy (non-hydrogen) atoms. The van der Waals surface area contributed by atoms with Crippen LogP contribution >= 0.6 is 0 Å². The molecule has 0 saturated heterocycles. The third-order valence-electron chi connectivity index (χ3n) is 4.91. The van der Waals surface area contributed by atoms with Gasteiger partial charge >= 0.3 is 5.97 Å². The van der Waals surface area contributed by atoms with Crippen LogP contribution in [0.1, 0.15) is 21.6 Å². The summed E-state index contributed by atoms with van der Waals surface area (Å²) in [5.41, 5.74) is 4.44. The van der Waals surface area contributed by atoms with Gasteiger partial charge < -0.3 is 15.0 Å². The highest BCUT2D eigenvalue weighted by Crippen LogP contribution is 2.17. The molecule has 1 amide bonds. The highest BCUT2D eigenvalue weighted by Gasteiger charge is 2.11. The summed E-state index contributed by atoms with van der Waals surface area (Å²) < 4.78 is 6.90. The molecule has 0 aliphatic heterocycles. The second kappa shape index (κ2) is 8.65. The predicted molar refractivity (Wildman–Crippen MR) is 114 cm³/mol. The second-order valence-electron chi connectivity index (χ2n) is 6.97. The third-order valence-corrected chi connectivity index (χ3v) is 4.91. The summed E-state index contributed by atoms with van der Waals surface area (Å²) in [6.45, 7) is 2.11. The number of H-pyrrole nitrogens is 1. The number of aromatic nitrogens is 3. The van der Waals surface area contributed by atoms with E-state index in [2.05, 4.69) is 15.4 Å². The van der Waals surface area contributed by atoms with Gasteiger partial charge in [-0.2, -0.15) is 5.10 Å². The highest BCUT2D eigenvalue weighted by atomic mass is 16.5. The first-order valence-electron chi connectivity index (χ1n) is 9.72. The number of fused-ring (bicyclic) bond motifs is 1. The fraction of sp³-hybridized carbons (Fsp3) is 0.174. The number of benzene rings is 2. The molecule has 0 bridgehead atoms. The van der Waals surface area contributed by atoms with Crippen molar-refractivity contribution in [2.45, 2.75) is 13.3 Å². The Morgan fingerprint density at radius 1 is 1.10 bits per heavy atom. The number of nitrogens with one attached hydrogen (secondary N) is 2. The van der Waals surface area contributed by atoms with Gasteiger partial charge in [-0.15, -0.1) is 0 Å². The van der Waals surface area contributed by atoms with Gasteiger partial charge in [0, 0.05) is 35.5 Å². The average Bonchev–Trinajstić information content (AvgIpc) is 3.38. The maximum absolute atomic E-state index is 12.2. The molecular formula is C23H22N4O3. The fourth-order valence-electron chi connectivity index (χ4n) is 3.32. The first kappa shape index (κ1) is 19.4. The van der Waals surface area contributed by atoms with Crippen LogP contribution < -0.4 is 5.32 Å². The summed E-state index contributed by atoms with van der Waals surface area (Å²) in [5, 5.41) is 8.16. The number of carbonyl (C=O) groups excluding carboxylic acids is 2. The molecule has 0 fully saturated rings. The van der Waals surface area contributed by atoms with E-state index in [1.165, 1.54) is 0 Å². The van der Waals surface area contributed by atoms with Crippen LogP contribution in [0.2, 0.25) is 0 Å². The van der Waals surface area contributed by atoms with E-state index in [0.717, 1.165) is 27.8 Å². The standard InChI is InChI=1S/C23H22N4O3/c1-16-10-13-26-27(16)19-8-6-17(7-9-19)23(29)30-15-22(28)24-12-11-18-14-25-21-5-3-2-4-20(18)21/h2-10,13-14,25H,11-12,15H2,1H3,(H,24,28). The normalized spacial score (nSPS) is 10.8. The van der Waals surface area contributed by atoms with Crippen molar-refractivity contribution in [3.63, 3.8) is 0 Å². The number of para-hydroxylation sites is 1. The number of aryl methyl sites for hydroxylation is 1. The summed E-state index contributed by atoms with van der Waals surface area (Å²) >= 11 is 0. The van der Waals surface area contributed by atoms with E-state index < -0.39 is 5.97 Å². The largest absolute Gasteiger partial charge is 0.452 e. The number of nitrogens with zero attached hydrogens (tertiary/aromatic N) is 2. The number of esters is 1. The van der Waals surface area contributed by atoms with E-state index in [0.29, 0.717) is 18.5 Å². The number of hydrogen-bond acceptors (Lipinski definition) is 4. The van der Waals surface area contributed by atoms with E-state index in [1.807, 2.05) is 43.5 Å². The van der Waals surface area contributed by atoms with Gasteiger partial charge in [0.15, 0.2) is 6.61 Å². The van der Waals surface area contributed by atoms with Gasteiger partial charge in [-0.1, -0.05) is 18.2 Å². The highest BCUT2D eigenvalue weighted by molar-refractivity contribution is 5.91. The summed E-state index contributed by atoms with van der Waals surface area (Å²) in [4.78, 5) is 27.4. The Kier molecular flexibility index (Phi) is 5.61. The van der Waals surface area contributed by atoms with Crippen LogP contribution in [0.4, 0.5) is 0 Å². The van der Waals surface area contributed by atoms with Gasteiger partial charge in [0.05, 0.1) is 11.3 Å². The molecular weight excluding hydrogens is 380 g/mol. The van der Waals surface area contributed by atoms with E-state index in [4.69, 9.17) is 4.74 Å². The Morgan fingerprint density at radius 3 is 2.67 bits per heavy atom. The second-order valence-corrected chi connectivity index (χ2v) is 6.97. The zero-order valence-electron chi connectivity index (χ0n) is 16.6. The van der Waals surface area contributed by atoms with Gasteiger partial charge in [-0.3, -0.25) is 4.79 Å². The van der Waals surface area contributed by atoms with Crippen LogP contribution in [0.25, 0.3) is 16.6 Å². The third kappa shape index (κ3) is 4.25. The SMILES string of the molecule is Cc1ccnn1-c1ccc(C(=O)OCC(=O)NCCc2c[nH]c3ccccc23)cc1. The molecule has 7 nitrogen and oxygen atoms in total. The van der Waals surface area contributed by atoms with Crippen LogP contribution in [0.3, 0.4) is 0 Å². The molecule has 0 aliphatic carbocycles. The molecule has 2 aromatic carbocycles. The van der Waals surface area contributed by atoms with Crippen molar-refractivity contribution in [1.29, 1.82) is 0 Å². The van der Waals surface area contributed by atoms with Crippen LogP contribution in [-0.2, 0) is 16.0 Å². The lowest BCUT2D eigenvalue weighted by Gasteiger charge is -2.08. The minimum absolute atomic E-state index is 0.313. The lowest BCUT2D eigenvalue weighted by molar-refractivity contribution is -0.124. The number of aromatic amines is 1. The number of ether oxygens (including phenoxy) is 1. The van der Waals surface area contributed by atoms with Crippen LogP contribution in [0, 0.1) is 6.92 Å². The Balaban J connectivity index is 1.24. The number of amides is 1. The quantitative estimate of drug-likeness (QED) is 0.465. The number of rotatable bonds is 7. The minimum Gasteiger partial charge on any atom is -0.452 e. The first-order valence-corrected chi connectivity index (χ1v) is 9.72. The lowest BCUT2D eigenvalue weighted by Crippen LogP contribution is -2.30. The summed E-state index contributed by atoms with van der Waals surface area (Å²) in [7, 11) is 0. The van der Waals surface area contributed by atoms with Crippen LogP contribution in [0.5, 0.6) is 0 Å². The van der Waals surface area contributed by atoms with E-state index >= 15 is 0 Å². The molecule has 7 heteroatoms.